The van der Waals surface area contributed by atoms with Crippen molar-refractivity contribution < 1.29 is 14.1 Å². The van der Waals surface area contributed by atoms with E-state index in [4.69, 9.17) is 9.26 Å². The molecule has 2 aromatic rings. The number of nitrogens with zero attached hydrogens (tertiary/aromatic N) is 3. The molecular weight excluding hydrogens is 320 g/mol. The first-order valence-electron chi connectivity index (χ1n) is 8.66. The molecular formula is C18H24N4O3. The predicted octanol–water partition coefficient (Wildman–Crippen LogP) is 3.50. The molecule has 7 heteroatoms. The van der Waals surface area contributed by atoms with Gasteiger partial charge in [0.1, 0.15) is 5.75 Å². The molecule has 25 heavy (non-hydrogen) atoms. The van der Waals surface area contributed by atoms with E-state index in [2.05, 4.69) is 15.5 Å². The van der Waals surface area contributed by atoms with Gasteiger partial charge in [0.25, 0.3) is 0 Å². The molecule has 0 unspecified atom stereocenters. The number of nitrogens with one attached hydrogen (secondary N) is 1. The summed E-state index contributed by atoms with van der Waals surface area (Å²) in [5.41, 5.74) is 1.78. The average Bonchev–Trinajstić information content (AvgIpc) is 3.04. The molecule has 0 saturated carbocycles. The number of hydrogen-bond acceptors (Lipinski definition) is 5. The van der Waals surface area contributed by atoms with Crippen LogP contribution in [0.4, 0.5) is 10.5 Å². The fourth-order valence-corrected chi connectivity index (χ4v) is 3.07. The average molecular weight is 344 g/mol. The van der Waals surface area contributed by atoms with E-state index in [0.717, 1.165) is 35.7 Å². The number of amides is 2. The number of benzene rings is 1. The van der Waals surface area contributed by atoms with Crippen LogP contribution in [0.3, 0.4) is 0 Å². The van der Waals surface area contributed by atoms with Crippen LogP contribution in [0, 0.1) is 13.8 Å². The molecule has 1 aliphatic rings. The van der Waals surface area contributed by atoms with Gasteiger partial charge in [0.05, 0.1) is 6.61 Å². The Morgan fingerprint density at radius 2 is 2.12 bits per heavy atom. The summed E-state index contributed by atoms with van der Waals surface area (Å²) in [4.78, 5) is 18.6. The molecule has 0 bridgehead atoms. The van der Waals surface area contributed by atoms with Crippen molar-refractivity contribution in [2.75, 3.05) is 25.0 Å². The van der Waals surface area contributed by atoms with Gasteiger partial charge < -0.3 is 19.5 Å². The van der Waals surface area contributed by atoms with Crippen LogP contribution in [0.15, 0.2) is 22.7 Å². The van der Waals surface area contributed by atoms with Crippen molar-refractivity contribution in [2.45, 2.75) is 39.5 Å². The summed E-state index contributed by atoms with van der Waals surface area (Å²) in [7, 11) is 0. The minimum absolute atomic E-state index is 0.0775. The molecule has 0 atom stereocenters. The number of urea groups is 1. The number of hydrogen-bond donors (Lipinski definition) is 1. The van der Waals surface area contributed by atoms with Crippen molar-refractivity contribution in [2.24, 2.45) is 0 Å². The summed E-state index contributed by atoms with van der Waals surface area (Å²) in [6, 6.07) is 5.60. The first-order chi connectivity index (χ1) is 12.1. The van der Waals surface area contributed by atoms with Crippen molar-refractivity contribution in [1.82, 2.24) is 15.0 Å². The first kappa shape index (κ1) is 17.3. The fraction of sp³-hybridized carbons (Fsp3) is 0.500. The van der Waals surface area contributed by atoms with Gasteiger partial charge in [0.15, 0.2) is 5.82 Å². The lowest BCUT2D eigenvalue weighted by atomic mass is 9.96. The zero-order valence-corrected chi connectivity index (χ0v) is 14.9. The number of piperidine rings is 1. The zero-order valence-electron chi connectivity index (χ0n) is 14.9. The SMILES string of the molecule is CCOc1ccc(NC(=O)N2CCC(c3noc(C)n3)CC2)cc1C. The lowest BCUT2D eigenvalue weighted by Gasteiger charge is -2.30. The van der Waals surface area contributed by atoms with Crippen molar-refractivity contribution in [3.63, 3.8) is 0 Å². The molecule has 0 aliphatic carbocycles. The summed E-state index contributed by atoms with van der Waals surface area (Å²) in [6.07, 6.45) is 1.68. The number of aromatic nitrogens is 2. The van der Waals surface area contributed by atoms with Crippen LogP contribution in [0.2, 0.25) is 0 Å². The molecule has 134 valence electrons. The molecule has 2 heterocycles. The van der Waals surface area contributed by atoms with Crippen LogP contribution in [0.1, 0.15) is 43.0 Å². The molecule has 1 aromatic heterocycles. The Bertz CT molecular complexity index is 736. The molecule has 1 aliphatic heterocycles. The number of aryl methyl sites for hydroxylation is 2. The number of likely N-dealkylation sites (tertiary alicyclic amines) is 1. The Hall–Kier alpha value is -2.57. The van der Waals surface area contributed by atoms with Gasteiger partial charge in [-0.1, -0.05) is 5.16 Å². The standard InChI is InChI=1S/C18H24N4O3/c1-4-24-16-6-5-15(11-12(16)2)20-18(23)22-9-7-14(8-10-22)17-19-13(3)25-21-17/h5-6,11,14H,4,7-10H2,1-3H3,(H,20,23). The third kappa shape index (κ3) is 4.10. The highest BCUT2D eigenvalue weighted by molar-refractivity contribution is 5.89. The van der Waals surface area contributed by atoms with Crippen LogP contribution in [0.25, 0.3) is 0 Å². The molecule has 3 rings (SSSR count). The minimum atomic E-state index is -0.0775. The van der Waals surface area contributed by atoms with Crippen molar-refractivity contribution >= 4 is 11.7 Å². The predicted molar refractivity (Wildman–Crippen MR) is 93.9 cm³/mol. The Balaban J connectivity index is 1.55. The van der Waals surface area contributed by atoms with Crippen LogP contribution in [0.5, 0.6) is 5.75 Å². The normalized spacial score (nSPS) is 15.2. The van der Waals surface area contributed by atoms with E-state index in [-0.39, 0.29) is 11.9 Å². The van der Waals surface area contributed by atoms with E-state index < -0.39 is 0 Å². The molecule has 1 N–H and O–H groups in total. The summed E-state index contributed by atoms with van der Waals surface area (Å²) in [6.45, 7) is 7.70. The number of carbonyl (C=O) groups excluding carboxylic acids is 1. The first-order valence-corrected chi connectivity index (χ1v) is 8.66. The molecule has 1 aromatic carbocycles. The van der Waals surface area contributed by atoms with Gasteiger partial charge in [-0.2, -0.15) is 4.98 Å². The van der Waals surface area contributed by atoms with Gasteiger partial charge in [-0.3, -0.25) is 0 Å². The summed E-state index contributed by atoms with van der Waals surface area (Å²) in [5, 5.41) is 6.96. The monoisotopic (exact) mass is 344 g/mol. The largest absolute Gasteiger partial charge is 0.494 e. The lowest BCUT2D eigenvalue weighted by molar-refractivity contribution is 0.193. The Labute approximate surface area is 147 Å². The van der Waals surface area contributed by atoms with E-state index in [1.165, 1.54) is 0 Å². The van der Waals surface area contributed by atoms with Gasteiger partial charge in [-0.05, 0) is 50.5 Å². The quantitative estimate of drug-likeness (QED) is 0.918. The smallest absolute Gasteiger partial charge is 0.321 e. The second kappa shape index (κ2) is 7.55. The van der Waals surface area contributed by atoms with E-state index in [9.17, 15) is 4.79 Å². The molecule has 2 amide bonds. The maximum absolute atomic E-state index is 12.5. The van der Waals surface area contributed by atoms with E-state index in [0.29, 0.717) is 25.6 Å². The maximum Gasteiger partial charge on any atom is 0.321 e. The highest BCUT2D eigenvalue weighted by Gasteiger charge is 2.26. The molecule has 0 spiro atoms. The van der Waals surface area contributed by atoms with Gasteiger partial charge >= 0.3 is 6.03 Å². The van der Waals surface area contributed by atoms with Gasteiger partial charge in [0, 0.05) is 31.6 Å². The van der Waals surface area contributed by atoms with Crippen LogP contribution >= 0.6 is 0 Å². The summed E-state index contributed by atoms with van der Waals surface area (Å²) < 4.78 is 10.6. The highest BCUT2D eigenvalue weighted by atomic mass is 16.5. The fourth-order valence-electron chi connectivity index (χ4n) is 3.07. The lowest BCUT2D eigenvalue weighted by Crippen LogP contribution is -2.40. The van der Waals surface area contributed by atoms with Crippen LogP contribution in [-0.2, 0) is 0 Å². The van der Waals surface area contributed by atoms with E-state index in [1.54, 1.807) is 6.92 Å². The highest BCUT2D eigenvalue weighted by Crippen LogP contribution is 2.27. The zero-order chi connectivity index (χ0) is 17.8. The topological polar surface area (TPSA) is 80.5 Å². The minimum Gasteiger partial charge on any atom is -0.494 e. The summed E-state index contributed by atoms with van der Waals surface area (Å²) in [5.74, 6) is 2.44. The van der Waals surface area contributed by atoms with Crippen molar-refractivity contribution in [3.8, 4) is 5.75 Å². The molecule has 7 nitrogen and oxygen atoms in total. The number of ether oxygens (including phenoxy) is 1. The molecule has 1 saturated heterocycles. The van der Waals surface area contributed by atoms with Gasteiger partial charge in [-0.15, -0.1) is 0 Å². The van der Waals surface area contributed by atoms with Crippen molar-refractivity contribution in [1.29, 1.82) is 0 Å². The Morgan fingerprint density at radius 1 is 1.36 bits per heavy atom. The van der Waals surface area contributed by atoms with Crippen molar-refractivity contribution in [3.05, 3.63) is 35.5 Å². The second-order valence-electron chi connectivity index (χ2n) is 6.28. The number of rotatable bonds is 4. The Morgan fingerprint density at radius 3 is 2.72 bits per heavy atom. The van der Waals surface area contributed by atoms with E-state index >= 15 is 0 Å². The van der Waals surface area contributed by atoms with E-state index in [1.807, 2.05) is 36.9 Å². The molecule has 1 fully saturated rings. The van der Waals surface area contributed by atoms with Crippen LogP contribution < -0.4 is 10.1 Å². The van der Waals surface area contributed by atoms with Gasteiger partial charge in [0.2, 0.25) is 5.89 Å². The number of anilines is 1. The maximum atomic E-state index is 12.5. The van der Waals surface area contributed by atoms with Crippen LogP contribution in [-0.4, -0.2) is 40.8 Å². The number of carbonyl (C=O) groups is 1. The Kier molecular flexibility index (Phi) is 5.21. The molecule has 0 radical (unpaired) electrons. The summed E-state index contributed by atoms with van der Waals surface area (Å²) >= 11 is 0. The third-order valence-electron chi connectivity index (χ3n) is 4.42. The second-order valence-corrected chi connectivity index (χ2v) is 6.28. The van der Waals surface area contributed by atoms with Gasteiger partial charge in [-0.25, -0.2) is 4.79 Å². The third-order valence-corrected chi connectivity index (χ3v) is 4.42.